The first-order chi connectivity index (χ1) is 11.0. The third-order valence-corrected chi connectivity index (χ3v) is 4.38. The molecule has 23 heavy (non-hydrogen) atoms. The summed E-state index contributed by atoms with van der Waals surface area (Å²) in [5.41, 5.74) is 6.38. The number of hydrogen-bond acceptors (Lipinski definition) is 5. The zero-order valence-corrected chi connectivity index (χ0v) is 13.5. The summed E-state index contributed by atoms with van der Waals surface area (Å²) in [6.45, 7) is -0.177. The minimum atomic E-state index is -0.479. The molecule has 2 aromatic heterocycles. The molecule has 0 fully saturated rings. The van der Waals surface area contributed by atoms with Crippen molar-refractivity contribution >= 4 is 34.4 Å². The van der Waals surface area contributed by atoms with Crippen LogP contribution in [0, 0.1) is 0 Å². The quantitative estimate of drug-likeness (QED) is 0.737. The van der Waals surface area contributed by atoms with E-state index >= 15 is 0 Å². The summed E-state index contributed by atoms with van der Waals surface area (Å²) in [7, 11) is 0. The van der Waals surface area contributed by atoms with Crippen LogP contribution >= 0.6 is 22.9 Å². The van der Waals surface area contributed by atoms with Gasteiger partial charge < -0.3 is 5.73 Å². The molecule has 3 rings (SSSR count). The van der Waals surface area contributed by atoms with E-state index in [-0.39, 0.29) is 18.0 Å². The van der Waals surface area contributed by atoms with Crippen LogP contribution in [0.3, 0.4) is 0 Å². The van der Waals surface area contributed by atoms with Crippen molar-refractivity contribution in [3.05, 3.63) is 68.8 Å². The number of aromatic nitrogens is 2. The Morgan fingerprint density at radius 2 is 2.00 bits per heavy atom. The predicted molar refractivity (Wildman–Crippen MR) is 92.0 cm³/mol. The second-order valence-electron chi connectivity index (χ2n) is 4.86. The Labute approximate surface area is 140 Å². The smallest absolute Gasteiger partial charge is 0.290 e. The fourth-order valence-electron chi connectivity index (χ4n) is 2.08. The summed E-state index contributed by atoms with van der Waals surface area (Å²) in [5.74, 6) is -0.237. The second-order valence-corrected chi connectivity index (χ2v) is 6.24. The molecule has 0 aliphatic heterocycles. The molecule has 0 bridgehead atoms. The number of thiophene rings is 1. The SMILES string of the molecule is Nc1cc(-c2cccs2)nn(CC(=O)c2ccc(Cl)cc2)c1=O. The van der Waals surface area contributed by atoms with Crippen LogP contribution in [0.4, 0.5) is 5.69 Å². The summed E-state index contributed by atoms with van der Waals surface area (Å²) in [6.07, 6.45) is 0. The highest BCUT2D eigenvalue weighted by molar-refractivity contribution is 7.13. The van der Waals surface area contributed by atoms with Crippen molar-refractivity contribution in [2.75, 3.05) is 5.73 Å². The minimum Gasteiger partial charge on any atom is -0.394 e. The van der Waals surface area contributed by atoms with E-state index in [9.17, 15) is 9.59 Å². The van der Waals surface area contributed by atoms with Gasteiger partial charge in [-0.25, -0.2) is 4.68 Å². The Hall–Kier alpha value is -2.44. The molecule has 7 heteroatoms. The van der Waals surface area contributed by atoms with Gasteiger partial charge in [-0.15, -0.1) is 11.3 Å². The van der Waals surface area contributed by atoms with Crippen molar-refractivity contribution < 1.29 is 4.79 Å². The number of Topliss-reactive ketones (excluding diaryl/α,β-unsaturated/α-hetero) is 1. The topological polar surface area (TPSA) is 78.0 Å². The summed E-state index contributed by atoms with van der Waals surface area (Å²) in [4.78, 5) is 25.3. The number of nitrogens with two attached hydrogens (primary N) is 1. The predicted octanol–water partition coefficient (Wildman–Crippen LogP) is 3.09. The minimum absolute atomic E-state index is 0.0623. The lowest BCUT2D eigenvalue weighted by molar-refractivity contribution is 0.0966. The first-order valence-corrected chi connectivity index (χ1v) is 8.00. The highest BCUT2D eigenvalue weighted by Crippen LogP contribution is 2.22. The average Bonchev–Trinajstić information content (AvgIpc) is 3.06. The standard InChI is InChI=1S/C16H12ClN3O2S/c17-11-5-3-10(4-6-11)14(21)9-20-16(22)12(18)8-13(19-20)15-2-1-7-23-15/h1-8H,9,18H2. The van der Waals surface area contributed by atoms with Gasteiger partial charge >= 0.3 is 0 Å². The summed E-state index contributed by atoms with van der Waals surface area (Å²) >= 11 is 7.29. The van der Waals surface area contributed by atoms with Crippen LogP contribution in [0.5, 0.6) is 0 Å². The number of halogens is 1. The van der Waals surface area contributed by atoms with Crippen molar-refractivity contribution in [3.8, 4) is 10.6 Å². The van der Waals surface area contributed by atoms with Crippen molar-refractivity contribution in [2.45, 2.75) is 6.54 Å². The first kappa shape index (κ1) is 15.5. The maximum absolute atomic E-state index is 12.3. The van der Waals surface area contributed by atoms with Gasteiger partial charge in [0.1, 0.15) is 17.9 Å². The Balaban J connectivity index is 1.94. The Kier molecular flexibility index (Phi) is 4.27. The molecule has 0 atom stereocenters. The summed E-state index contributed by atoms with van der Waals surface area (Å²) in [6, 6.07) is 11.8. The molecule has 116 valence electrons. The van der Waals surface area contributed by atoms with E-state index in [0.29, 0.717) is 16.3 Å². The highest BCUT2D eigenvalue weighted by Gasteiger charge is 2.13. The van der Waals surface area contributed by atoms with Gasteiger partial charge in [0.15, 0.2) is 5.78 Å². The lowest BCUT2D eigenvalue weighted by Crippen LogP contribution is -2.29. The molecule has 0 unspecified atom stereocenters. The zero-order valence-electron chi connectivity index (χ0n) is 11.9. The fraction of sp³-hybridized carbons (Fsp3) is 0.0625. The van der Waals surface area contributed by atoms with Crippen LogP contribution in [-0.2, 0) is 6.54 Å². The number of nitrogen functional groups attached to an aromatic ring is 1. The summed E-state index contributed by atoms with van der Waals surface area (Å²) in [5, 5.41) is 6.69. The number of nitrogens with zero attached hydrogens (tertiary/aromatic N) is 2. The van der Waals surface area contributed by atoms with E-state index in [2.05, 4.69) is 5.10 Å². The number of anilines is 1. The van der Waals surface area contributed by atoms with Crippen LogP contribution in [0.15, 0.2) is 52.6 Å². The molecule has 3 aromatic rings. The zero-order chi connectivity index (χ0) is 16.4. The van der Waals surface area contributed by atoms with Crippen LogP contribution in [0.1, 0.15) is 10.4 Å². The molecular formula is C16H12ClN3O2S. The first-order valence-electron chi connectivity index (χ1n) is 6.75. The van der Waals surface area contributed by atoms with Crippen LogP contribution in [0.25, 0.3) is 10.6 Å². The lowest BCUT2D eigenvalue weighted by Gasteiger charge is -2.07. The number of benzene rings is 1. The number of carbonyl (C=O) groups excluding carboxylic acids is 1. The van der Waals surface area contributed by atoms with Crippen LogP contribution in [-0.4, -0.2) is 15.6 Å². The highest BCUT2D eigenvalue weighted by atomic mass is 35.5. The van der Waals surface area contributed by atoms with E-state index in [4.69, 9.17) is 17.3 Å². The number of ketones is 1. The third-order valence-electron chi connectivity index (χ3n) is 3.24. The number of hydrogen-bond donors (Lipinski definition) is 1. The largest absolute Gasteiger partial charge is 0.394 e. The van der Waals surface area contributed by atoms with Gasteiger partial charge in [-0.2, -0.15) is 5.10 Å². The number of rotatable bonds is 4. The van der Waals surface area contributed by atoms with Gasteiger partial charge in [0.25, 0.3) is 5.56 Å². The molecule has 0 radical (unpaired) electrons. The maximum Gasteiger partial charge on any atom is 0.290 e. The normalized spacial score (nSPS) is 10.7. The van der Waals surface area contributed by atoms with Crippen molar-refractivity contribution in [3.63, 3.8) is 0 Å². The molecule has 0 aliphatic rings. The Morgan fingerprint density at radius 3 is 2.65 bits per heavy atom. The maximum atomic E-state index is 12.3. The molecule has 1 aromatic carbocycles. The summed E-state index contributed by atoms with van der Waals surface area (Å²) < 4.78 is 1.10. The Morgan fingerprint density at radius 1 is 1.26 bits per heavy atom. The van der Waals surface area contributed by atoms with Crippen LogP contribution < -0.4 is 11.3 Å². The molecule has 2 heterocycles. The molecule has 0 saturated carbocycles. The third kappa shape index (κ3) is 3.33. The van der Waals surface area contributed by atoms with Gasteiger partial charge in [-0.3, -0.25) is 9.59 Å². The van der Waals surface area contributed by atoms with Gasteiger partial charge in [0.05, 0.1) is 4.88 Å². The van der Waals surface area contributed by atoms with Crippen molar-refractivity contribution in [2.24, 2.45) is 0 Å². The molecule has 0 saturated heterocycles. The van der Waals surface area contributed by atoms with Crippen molar-refractivity contribution in [1.82, 2.24) is 9.78 Å². The molecule has 0 spiro atoms. The molecule has 2 N–H and O–H groups in total. The molecule has 0 aliphatic carbocycles. The van der Waals surface area contributed by atoms with E-state index in [1.807, 2.05) is 17.5 Å². The lowest BCUT2D eigenvalue weighted by atomic mass is 10.1. The van der Waals surface area contributed by atoms with E-state index in [1.165, 1.54) is 17.4 Å². The second kappa shape index (κ2) is 6.36. The van der Waals surface area contributed by atoms with Gasteiger partial charge in [-0.05, 0) is 41.8 Å². The van der Waals surface area contributed by atoms with E-state index < -0.39 is 5.56 Å². The van der Waals surface area contributed by atoms with Gasteiger partial charge in [0.2, 0.25) is 0 Å². The van der Waals surface area contributed by atoms with Gasteiger partial charge in [-0.1, -0.05) is 17.7 Å². The van der Waals surface area contributed by atoms with Crippen LogP contribution in [0.2, 0.25) is 5.02 Å². The Bertz CT molecular complexity index is 902. The molecular weight excluding hydrogens is 334 g/mol. The molecule has 5 nitrogen and oxygen atoms in total. The van der Waals surface area contributed by atoms with Crippen molar-refractivity contribution in [1.29, 1.82) is 0 Å². The fourth-order valence-corrected chi connectivity index (χ4v) is 2.88. The van der Waals surface area contributed by atoms with E-state index in [1.54, 1.807) is 24.3 Å². The monoisotopic (exact) mass is 345 g/mol. The average molecular weight is 346 g/mol. The van der Waals surface area contributed by atoms with E-state index in [0.717, 1.165) is 9.56 Å². The molecule has 0 amide bonds. The van der Waals surface area contributed by atoms with Gasteiger partial charge in [0, 0.05) is 10.6 Å². The number of carbonyl (C=O) groups is 1.